The van der Waals surface area contributed by atoms with Crippen molar-refractivity contribution in [2.45, 2.75) is 39.2 Å². The van der Waals surface area contributed by atoms with E-state index in [0.29, 0.717) is 23.0 Å². The van der Waals surface area contributed by atoms with Crippen LogP contribution in [-0.4, -0.2) is 22.8 Å². The second-order valence-corrected chi connectivity index (χ2v) is 5.86. The molecular weight excluding hydrogens is 238 g/mol. The smallest absolute Gasteiger partial charge is 0.261 e. The van der Waals surface area contributed by atoms with Crippen LogP contribution in [0.3, 0.4) is 0 Å². The van der Waals surface area contributed by atoms with Gasteiger partial charge in [-0.25, -0.2) is 0 Å². The standard InChI is InChI=1S/C16H19NO2/c1-10-6-5-9-14(11(10)2)17-15(18)12-7-3-4-8-13(12)16(17)19/h3-4,7-8,10-11,14H,5-6,9H2,1-2H3. The first kappa shape index (κ1) is 12.4. The highest BCUT2D eigenvalue weighted by molar-refractivity contribution is 6.21. The van der Waals surface area contributed by atoms with E-state index in [1.165, 1.54) is 11.3 Å². The van der Waals surface area contributed by atoms with Crippen molar-refractivity contribution >= 4 is 11.8 Å². The molecule has 100 valence electrons. The molecule has 0 spiro atoms. The van der Waals surface area contributed by atoms with Gasteiger partial charge in [-0.1, -0.05) is 38.8 Å². The Balaban J connectivity index is 1.95. The lowest BCUT2D eigenvalue weighted by Crippen LogP contribution is -2.47. The highest BCUT2D eigenvalue weighted by atomic mass is 16.2. The van der Waals surface area contributed by atoms with Gasteiger partial charge in [-0.2, -0.15) is 0 Å². The molecule has 19 heavy (non-hydrogen) atoms. The van der Waals surface area contributed by atoms with Gasteiger partial charge in [0, 0.05) is 6.04 Å². The molecule has 3 atom stereocenters. The molecule has 3 rings (SSSR count). The molecule has 3 nitrogen and oxygen atoms in total. The number of nitrogens with zero attached hydrogens (tertiary/aromatic N) is 1. The van der Waals surface area contributed by atoms with Crippen LogP contribution in [0.4, 0.5) is 0 Å². The van der Waals surface area contributed by atoms with Gasteiger partial charge < -0.3 is 0 Å². The minimum atomic E-state index is -0.105. The van der Waals surface area contributed by atoms with E-state index in [0.717, 1.165) is 12.8 Å². The van der Waals surface area contributed by atoms with Crippen molar-refractivity contribution in [3.63, 3.8) is 0 Å². The maximum absolute atomic E-state index is 12.5. The molecule has 1 heterocycles. The quantitative estimate of drug-likeness (QED) is 0.725. The van der Waals surface area contributed by atoms with Gasteiger partial charge >= 0.3 is 0 Å². The van der Waals surface area contributed by atoms with E-state index in [9.17, 15) is 9.59 Å². The van der Waals surface area contributed by atoms with Gasteiger partial charge in [-0.05, 0) is 30.4 Å². The van der Waals surface area contributed by atoms with Crippen LogP contribution in [0.15, 0.2) is 24.3 Å². The summed E-state index contributed by atoms with van der Waals surface area (Å²) in [5.41, 5.74) is 1.14. The molecular formula is C16H19NO2. The molecule has 0 bridgehead atoms. The van der Waals surface area contributed by atoms with Crippen molar-refractivity contribution < 1.29 is 9.59 Å². The average Bonchev–Trinajstić information content (AvgIpc) is 2.67. The van der Waals surface area contributed by atoms with Gasteiger partial charge in [0.25, 0.3) is 11.8 Å². The number of benzene rings is 1. The van der Waals surface area contributed by atoms with Crippen LogP contribution in [0, 0.1) is 11.8 Å². The van der Waals surface area contributed by atoms with Crippen molar-refractivity contribution in [3.8, 4) is 0 Å². The van der Waals surface area contributed by atoms with Gasteiger partial charge in [0.05, 0.1) is 11.1 Å². The fourth-order valence-electron chi connectivity index (χ4n) is 3.43. The number of rotatable bonds is 1. The first-order chi connectivity index (χ1) is 9.11. The Hall–Kier alpha value is -1.64. The number of hydrogen-bond acceptors (Lipinski definition) is 2. The van der Waals surface area contributed by atoms with Crippen molar-refractivity contribution in [2.75, 3.05) is 0 Å². The fraction of sp³-hybridized carbons (Fsp3) is 0.500. The zero-order chi connectivity index (χ0) is 13.6. The van der Waals surface area contributed by atoms with Gasteiger partial charge in [-0.3, -0.25) is 14.5 Å². The molecule has 3 heteroatoms. The van der Waals surface area contributed by atoms with E-state index in [4.69, 9.17) is 0 Å². The first-order valence-electron chi connectivity index (χ1n) is 7.08. The molecule has 1 fully saturated rings. The summed E-state index contributed by atoms with van der Waals surface area (Å²) in [4.78, 5) is 26.4. The molecule has 0 aromatic heterocycles. The Morgan fingerprint density at radius 1 is 1.00 bits per heavy atom. The minimum Gasteiger partial charge on any atom is -0.271 e. The van der Waals surface area contributed by atoms with Crippen LogP contribution in [0.25, 0.3) is 0 Å². The van der Waals surface area contributed by atoms with Crippen LogP contribution in [0.5, 0.6) is 0 Å². The summed E-state index contributed by atoms with van der Waals surface area (Å²) in [5, 5.41) is 0. The Morgan fingerprint density at radius 3 is 2.16 bits per heavy atom. The van der Waals surface area contributed by atoms with E-state index >= 15 is 0 Å². The summed E-state index contributed by atoms with van der Waals surface area (Å²) in [6.07, 6.45) is 3.24. The molecule has 3 unspecified atom stereocenters. The molecule has 1 saturated carbocycles. The molecule has 0 radical (unpaired) electrons. The third-order valence-corrected chi connectivity index (χ3v) is 4.82. The van der Waals surface area contributed by atoms with Crippen LogP contribution in [-0.2, 0) is 0 Å². The van der Waals surface area contributed by atoms with E-state index in [1.807, 2.05) is 12.1 Å². The zero-order valence-electron chi connectivity index (χ0n) is 11.4. The predicted molar refractivity (Wildman–Crippen MR) is 72.9 cm³/mol. The number of fused-ring (bicyclic) bond motifs is 1. The molecule has 1 aliphatic heterocycles. The van der Waals surface area contributed by atoms with E-state index < -0.39 is 0 Å². The molecule has 1 aromatic carbocycles. The molecule has 2 aliphatic rings. The van der Waals surface area contributed by atoms with Crippen LogP contribution in [0.2, 0.25) is 0 Å². The fourth-order valence-corrected chi connectivity index (χ4v) is 3.43. The van der Waals surface area contributed by atoms with Crippen LogP contribution < -0.4 is 0 Å². The van der Waals surface area contributed by atoms with Gasteiger partial charge in [-0.15, -0.1) is 0 Å². The van der Waals surface area contributed by atoms with E-state index in [2.05, 4.69) is 13.8 Å². The summed E-state index contributed by atoms with van der Waals surface area (Å²) < 4.78 is 0. The first-order valence-corrected chi connectivity index (χ1v) is 7.08. The lowest BCUT2D eigenvalue weighted by molar-refractivity contribution is 0.0430. The minimum absolute atomic E-state index is 0.0659. The highest BCUT2D eigenvalue weighted by Crippen LogP contribution is 2.36. The summed E-state index contributed by atoms with van der Waals surface area (Å²) in [6.45, 7) is 4.38. The maximum atomic E-state index is 12.5. The number of carbonyl (C=O) groups is 2. The Labute approximate surface area is 113 Å². The molecule has 1 aliphatic carbocycles. The number of imide groups is 1. The normalized spacial score (nSPS) is 30.6. The van der Waals surface area contributed by atoms with Crippen molar-refractivity contribution in [2.24, 2.45) is 11.8 Å². The second-order valence-electron chi connectivity index (χ2n) is 5.86. The highest BCUT2D eigenvalue weighted by Gasteiger charge is 2.43. The van der Waals surface area contributed by atoms with Crippen LogP contribution >= 0.6 is 0 Å². The number of carbonyl (C=O) groups excluding carboxylic acids is 2. The Kier molecular flexibility index (Phi) is 2.92. The summed E-state index contributed by atoms with van der Waals surface area (Å²) in [6, 6.07) is 7.22. The topological polar surface area (TPSA) is 37.4 Å². The largest absolute Gasteiger partial charge is 0.271 e. The molecule has 0 saturated heterocycles. The summed E-state index contributed by atoms with van der Waals surface area (Å²) in [5.74, 6) is 0.747. The maximum Gasteiger partial charge on any atom is 0.261 e. The average molecular weight is 257 g/mol. The third-order valence-electron chi connectivity index (χ3n) is 4.82. The van der Waals surface area contributed by atoms with Crippen molar-refractivity contribution in [3.05, 3.63) is 35.4 Å². The lowest BCUT2D eigenvalue weighted by atomic mass is 9.77. The van der Waals surface area contributed by atoms with E-state index in [1.54, 1.807) is 12.1 Å². The number of hydrogen-bond donors (Lipinski definition) is 0. The van der Waals surface area contributed by atoms with Gasteiger partial charge in [0.2, 0.25) is 0 Å². The Bertz CT molecular complexity index is 502. The SMILES string of the molecule is CC1CCCC(N2C(=O)c3ccccc3C2=O)C1C. The van der Waals surface area contributed by atoms with Gasteiger partial charge in [0.1, 0.15) is 0 Å². The third kappa shape index (κ3) is 1.79. The zero-order valence-corrected chi connectivity index (χ0v) is 11.4. The molecule has 0 N–H and O–H groups in total. The lowest BCUT2D eigenvalue weighted by Gasteiger charge is -2.38. The number of amides is 2. The van der Waals surface area contributed by atoms with Crippen LogP contribution in [0.1, 0.15) is 53.8 Å². The Morgan fingerprint density at radius 2 is 1.58 bits per heavy atom. The molecule has 2 amide bonds. The summed E-state index contributed by atoms with van der Waals surface area (Å²) in [7, 11) is 0. The van der Waals surface area contributed by atoms with Gasteiger partial charge in [0.15, 0.2) is 0 Å². The summed E-state index contributed by atoms with van der Waals surface area (Å²) >= 11 is 0. The predicted octanol–water partition coefficient (Wildman–Crippen LogP) is 3.11. The second kappa shape index (κ2) is 4.48. The monoisotopic (exact) mass is 257 g/mol. The van der Waals surface area contributed by atoms with Crippen molar-refractivity contribution in [1.29, 1.82) is 0 Å². The van der Waals surface area contributed by atoms with Crippen molar-refractivity contribution in [1.82, 2.24) is 4.90 Å². The van der Waals surface area contributed by atoms with E-state index in [-0.39, 0.29) is 17.9 Å². The molecule has 1 aromatic rings.